The molecule has 1 aromatic carbocycles. The predicted molar refractivity (Wildman–Crippen MR) is 133 cm³/mol. The van der Waals surface area contributed by atoms with E-state index in [1.54, 1.807) is 4.52 Å². The number of benzene rings is 1. The van der Waals surface area contributed by atoms with Crippen LogP contribution in [0.15, 0.2) is 42.7 Å². The number of aliphatic hydroxyl groups is 2. The van der Waals surface area contributed by atoms with Gasteiger partial charge in [-0.15, -0.1) is 0 Å². The number of hydrogen-bond donors (Lipinski definition) is 4. The van der Waals surface area contributed by atoms with Gasteiger partial charge in [-0.25, -0.2) is 4.98 Å². The number of nitrogens with zero attached hydrogens (tertiary/aromatic N) is 4. The number of nitrogens with one attached hydrogen (secondary N) is 2. The Morgan fingerprint density at radius 2 is 2.03 bits per heavy atom. The maximum Gasteiger partial charge on any atom is 0.257 e. The molecule has 4 aromatic rings. The Morgan fingerprint density at radius 1 is 1.20 bits per heavy atom. The quantitative estimate of drug-likeness (QED) is 0.347. The number of ether oxygens (including phenoxy) is 1. The molecule has 4 N–H and O–H groups in total. The summed E-state index contributed by atoms with van der Waals surface area (Å²) in [5.74, 6) is 0.463. The van der Waals surface area contributed by atoms with Gasteiger partial charge in [0.1, 0.15) is 11.4 Å². The maximum absolute atomic E-state index is 13.0. The van der Waals surface area contributed by atoms with Crippen molar-refractivity contribution in [2.75, 3.05) is 32.7 Å². The minimum absolute atomic E-state index is 0.217. The highest BCUT2D eigenvalue weighted by Crippen LogP contribution is 2.35. The molecule has 0 radical (unpaired) electrons. The van der Waals surface area contributed by atoms with Crippen LogP contribution in [0.4, 0.5) is 5.82 Å². The molecular formula is C25H30N6O4. The van der Waals surface area contributed by atoms with Crippen LogP contribution in [-0.2, 0) is 4.74 Å². The zero-order chi connectivity index (χ0) is 24.5. The van der Waals surface area contributed by atoms with Crippen LogP contribution in [0, 0.1) is 0 Å². The lowest BCUT2D eigenvalue weighted by atomic mass is 9.89. The third-order valence-electron chi connectivity index (χ3n) is 6.84. The first kappa shape index (κ1) is 23.3. The maximum atomic E-state index is 13.0. The lowest BCUT2D eigenvalue weighted by molar-refractivity contribution is 0.0448. The van der Waals surface area contributed by atoms with E-state index in [0.29, 0.717) is 30.3 Å². The summed E-state index contributed by atoms with van der Waals surface area (Å²) in [5.41, 5.74) is 3.77. The number of aliphatic hydroxyl groups excluding tert-OH is 2. The second kappa shape index (κ2) is 9.65. The summed E-state index contributed by atoms with van der Waals surface area (Å²) >= 11 is 0. The molecule has 0 spiro atoms. The van der Waals surface area contributed by atoms with Gasteiger partial charge >= 0.3 is 0 Å². The van der Waals surface area contributed by atoms with E-state index < -0.39 is 6.10 Å². The lowest BCUT2D eigenvalue weighted by Crippen LogP contribution is -2.50. The molecule has 3 atom stereocenters. The summed E-state index contributed by atoms with van der Waals surface area (Å²) in [7, 11) is 2.82. The third-order valence-corrected chi connectivity index (χ3v) is 6.84. The summed E-state index contributed by atoms with van der Waals surface area (Å²) < 4.78 is 9.55. The van der Waals surface area contributed by atoms with Crippen molar-refractivity contribution in [2.24, 2.45) is 0 Å². The van der Waals surface area contributed by atoms with E-state index in [1.807, 2.05) is 25.2 Å². The number of anilines is 1. The normalized spacial score (nSPS) is 21.4. The molecule has 10 heteroatoms. The molecule has 3 unspecified atom stereocenters. The molecule has 35 heavy (non-hydrogen) atoms. The molecule has 3 aromatic heterocycles. The lowest BCUT2D eigenvalue weighted by Gasteiger charge is -2.32. The molecular weight excluding hydrogens is 448 g/mol. The van der Waals surface area contributed by atoms with Crippen LogP contribution in [0.1, 0.15) is 35.7 Å². The second-order valence-corrected chi connectivity index (χ2v) is 8.78. The first-order valence-electron chi connectivity index (χ1n) is 11.8. The van der Waals surface area contributed by atoms with E-state index in [0.717, 1.165) is 54.5 Å². The van der Waals surface area contributed by atoms with E-state index in [1.165, 1.54) is 6.20 Å². The zero-order valence-corrected chi connectivity index (χ0v) is 19.8. The SMILES string of the molecule is CNc1cc(-c2cn(C3CCOC3)c3ccccc23)nc2c(C(=O)NC3CCC3O)cnn12.CO. The number of amides is 1. The van der Waals surface area contributed by atoms with Crippen LogP contribution in [0.2, 0.25) is 0 Å². The van der Waals surface area contributed by atoms with Crippen LogP contribution in [0.25, 0.3) is 27.8 Å². The second-order valence-electron chi connectivity index (χ2n) is 8.78. The molecule has 2 fully saturated rings. The monoisotopic (exact) mass is 478 g/mol. The predicted octanol–water partition coefficient (Wildman–Crippen LogP) is 2.22. The van der Waals surface area contributed by atoms with E-state index in [2.05, 4.69) is 38.6 Å². The molecule has 1 aliphatic carbocycles. The molecule has 2 aliphatic rings. The van der Waals surface area contributed by atoms with Gasteiger partial charge in [-0.1, -0.05) is 18.2 Å². The van der Waals surface area contributed by atoms with Crippen molar-refractivity contribution in [1.82, 2.24) is 24.5 Å². The summed E-state index contributed by atoms with van der Waals surface area (Å²) in [6, 6.07) is 10.3. The standard InChI is InChI=1S/C24H26N6O3.CH4O/c1-25-22-10-19(17-12-29(14-8-9-33-13-14)20-5-3-2-4-15(17)20)27-23-16(11-26-30(22)23)24(32)28-18-6-7-21(18)31;1-2/h2-5,10-12,14,18,21,25,31H,6-9,13H2,1H3,(H,28,32);2H,1H3. The van der Waals surface area contributed by atoms with Gasteiger partial charge in [-0.3, -0.25) is 4.79 Å². The van der Waals surface area contributed by atoms with Crippen molar-refractivity contribution in [1.29, 1.82) is 0 Å². The number of aromatic nitrogens is 4. The summed E-state index contributed by atoms with van der Waals surface area (Å²) in [5, 5.41) is 28.4. The van der Waals surface area contributed by atoms with Gasteiger partial charge < -0.3 is 30.2 Å². The number of para-hydroxylation sites is 1. The minimum atomic E-state index is -0.488. The van der Waals surface area contributed by atoms with Gasteiger partial charge in [0.2, 0.25) is 0 Å². The Labute approximate surface area is 202 Å². The highest BCUT2D eigenvalue weighted by molar-refractivity contribution is 6.01. The fraction of sp³-hybridized carbons (Fsp3) is 0.400. The van der Waals surface area contributed by atoms with Crippen LogP contribution in [-0.4, -0.2) is 74.8 Å². The number of carbonyl (C=O) groups is 1. The van der Waals surface area contributed by atoms with E-state index in [-0.39, 0.29) is 11.9 Å². The van der Waals surface area contributed by atoms with Gasteiger partial charge in [0.25, 0.3) is 5.91 Å². The Morgan fingerprint density at radius 3 is 2.71 bits per heavy atom. The Kier molecular flexibility index (Phi) is 6.42. The summed E-state index contributed by atoms with van der Waals surface area (Å²) in [4.78, 5) is 17.8. The van der Waals surface area contributed by atoms with Crippen molar-refractivity contribution in [3.8, 4) is 11.3 Å². The van der Waals surface area contributed by atoms with Gasteiger partial charge in [0.15, 0.2) is 5.65 Å². The van der Waals surface area contributed by atoms with Crippen molar-refractivity contribution >= 4 is 28.3 Å². The van der Waals surface area contributed by atoms with E-state index in [4.69, 9.17) is 14.8 Å². The smallest absolute Gasteiger partial charge is 0.257 e. The molecule has 10 nitrogen and oxygen atoms in total. The molecule has 6 rings (SSSR count). The number of fused-ring (bicyclic) bond motifs is 2. The Balaban J connectivity index is 0.00000124. The highest BCUT2D eigenvalue weighted by atomic mass is 16.5. The van der Waals surface area contributed by atoms with Crippen LogP contribution >= 0.6 is 0 Å². The fourth-order valence-corrected chi connectivity index (χ4v) is 4.79. The summed E-state index contributed by atoms with van der Waals surface area (Å²) in [6.45, 7) is 1.47. The number of hydrogen-bond acceptors (Lipinski definition) is 7. The molecule has 1 saturated heterocycles. The van der Waals surface area contributed by atoms with Crippen molar-refractivity contribution < 1.29 is 19.7 Å². The van der Waals surface area contributed by atoms with Gasteiger partial charge in [-0.2, -0.15) is 9.61 Å². The van der Waals surface area contributed by atoms with E-state index in [9.17, 15) is 9.90 Å². The molecule has 4 heterocycles. The van der Waals surface area contributed by atoms with Crippen LogP contribution < -0.4 is 10.6 Å². The van der Waals surface area contributed by atoms with E-state index >= 15 is 0 Å². The Bertz CT molecular complexity index is 1360. The van der Waals surface area contributed by atoms with Crippen molar-refractivity contribution in [3.05, 3.63) is 48.3 Å². The molecule has 0 bridgehead atoms. The first-order valence-corrected chi connectivity index (χ1v) is 11.8. The zero-order valence-electron chi connectivity index (χ0n) is 19.8. The average molecular weight is 479 g/mol. The van der Waals surface area contributed by atoms with Crippen LogP contribution in [0.3, 0.4) is 0 Å². The van der Waals surface area contributed by atoms with Crippen molar-refractivity contribution in [3.63, 3.8) is 0 Å². The highest BCUT2D eigenvalue weighted by Gasteiger charge is 2.31. The molecule has 1 aliphatic heterocycles. The Hall–Kier alpha value is -3.47. The molecule has 184 valence electrons. The van der Waals surface area contributed by atoms with Gasteiger partial charge in [0, 0.05) is 49.5 Å². The molecule has 1 amide bonds. The van der Waals surface area contributed by atoms with Crippen molar-refractivity contribution in [2.45, 2.75) is 37.5 Å². The largest absolute Gasteiger partial charge is 0.400 e. The molecule has 1 saturated carbocycles. The van der Waals surface area contributed by atoms with Gasteiger partial charge in [0.05, 0.1) is 36.7 Å². The topological polar surface area (TPSA) is 126 Å². The van der Waals surface area contributed by atoms with Gasteiger partial charge in [-0.05, 0) is 25.3 Å². The average Bonchev–Trinajstić information content (AvgIpc) is 3.65. The van der Waals surface area contributed by atoms with Crippen LogP contribution in [0.5, 0.6) is 0 Å². The minimum Gasteiger partial charge on any atom is -0.400 e. The summed E-state index contributed by atoms with van der Waals surface area (Å²) in [6.07, 6.45) is 5.65. The first-order chi connectivity index (χ1) is 17.1. The fourth-order valence-electron chi connectivity index (χ4n) is 4.79. The number of carbonyl (C=O) groups excluding carboxylic acids is 1. The number of rotatable bonds is 5. The third kappa shape index (κ3) is 4.03.